The minimum absolute atomic E-state index is 0.107. The highest BCUT2D eigenvalue weighted by Gasteiger charge is 2.44. The summed E-state index contributed by atoms with van der Waals surface area (Å²) < 4.78 is 42.7. The Morgan fingerprint density at radius 1 is 1.35 bits per heavy atom. The molecular formula is C11H9BrF3N3O2. The van der Waals surface area contributed by atoms with Gasteiger partial charge in [0.05, 0.1) is 5.92 Å². The zero-order valence-electron chi connectivity index (χ0n) is 10.1. The van der Waals surface area contributed by atoms with E-state index in [1.54, 1.807) is 12.3 Å². The normalized spacial score (nSPS) is 15.1. The van der Waals surface area contributed by atoms with Crippen molar-refractivity contribution in [2.75, 3.05) is 0 Å². The van der Waals surface area contributed by atoms with Gasteiger partial charge in [0.1, 0.15) is 0 Å². The lowest BCUT2D eigenvalue weighted by atomic mass is 10.0. The lowest BCUT2D eigenvalue weighted by molar-refractivity contribution is -0.210. The lowest BCUT2D eigenvalue weighted by Gasteiger charge is -2.17. The highest BCUT2D eigenvalue weighted by Crippen LogP contribution is 2.31. The number of hydrogen-bond donors (Lipinski definition) is 1. The van der Waals surface area contributed by atoms with Crippen molar-refractivity contribution in [2.45, 2.75) is 25.1 Å². The molecule has 2 unspecified atom stereocenters. The van der Waals surface area contributed by atoms with Gasteiger partial charge >= 0.3 is 6.18 Å². The van der Waals surface area contributed by atoms with Gasteiger partial charge in [-0.1, -0.05) is 12.1 Å². The average Bonchev–Trinajstić information content (AvgIpc) is 2.85. The van der Waals surface area contributed by atoms with Crippen LogP contribution in [-0.2, 0) is 0 Å². The second kappa shape index (κ2) is 5.49. The zero-order valence-corrected chi connectivity index (χ0v) is 11.7. The summed E-state index contributed by atoms with van der Waals surface area (Å²) in [5.41, 5.74) is 0.489. The molecular weight excluding hydrogens is 343 g/mol. The molecule has 2 rings (SSSR count). The van der Waals surface area contributed by atoms with Crippen LogP contribution >= 0.6 is 15.9 Å². The maximum absolute atomic E-state index is 12.4. The van der Waals surface area contributed by atoms with Gasteiger partial charge in [-0.25, -0.2) is 0 Å². The fourth-order valence-electron chi connectivity index (χ4n) is 1.49. The van der Waals surface area contributed by atoms with E-state index in [1.807, 2.05) is 0 Å². The Bertz CT molecular complexity index is 603. The van der Waals surface area contributed by atoms with Crippen LogP contribution in [0.1, 0.15) is 18.7 Å². The van der Waals surface area contributed by atoms with Crippen molar-refractivity contribution in [3.8, 4) is 11.4 Å². The van der Waals surface area contributed by atoms with Crippen molar-refractivity contribution in [2.24, 2.45) is 0 Å². The van der Waals surface area contributed by atoms with Crippen molar-refractivity contribution in [1.29, 1.82) is 0 Å². The SMILES string of the molecule is CC(c1nc(-c2cncc(Br)c2)no1)C(O)C(F)(F)F. The molecule has 0 aliphatic heterocycles. The third kappa shape index (κ3) is 3.15. The maximum Gasteiger partial charge on any atom is 0.415 e. The summed E-state index contributed by atoms with van der Waals surface area (Å²) in [6.45, 7) is 1.16. The number of pyridine rings is 1. The summed E-state index contributed by atoms with van der Waals surface area (Å²) in [5, 5.41) is 12.7. The van der Waals surface area contributed by atoms with E-state index in [4.69, 9.17) is 9.63 Å². The van der Waals surface area contributed by atoms with Gasteiger partial charge in [-0.3, -0.25) is 4.98 Å². The second-order valence-electron chi connectivity index (χ2n) is 4.12. The van der Waals surface area contributed by atoms with E-state index in [0.29, 0.717) is 10.0 Å². The Kier molecular flexibility index (Phi) is 4.09. The van der Waals surface area contributed by atoms with Crippen LogP contribution in [0, 0.1) is 0 Å². The molecule has 0 aliphatic rings. The van der Waals surface area contributed by atoms with Gasteiger partial charge in [0, 0.05) is 22.4 Å². The lowest BCUT2D eigenvalue weighted by Crippen LogP contribution is -2.33. The molecule has 0 saturated heterocycles. The van der Waals surface area contributed by atoms with E-state index in [9.17, 15) is 13.2 Å². The summed E-state index contributed by atoms with van der Waals surface area (Å²) >= 11 is 3.21. The van der Waals surface area contributed by atoms with Crippen LogP contribution in [-0.4, -0.2) is 32.5 Å². The van der Waals surface area contributed by atoms with Gasteiger partial charge in [-0.05, 0) is 22.0 Å². The van der Waals surface area contributed by atoms with Crippen molar-refractivity contribution in [1.82, 2.24) is 15.1 Å². The van der Waals surface area contributed by atoms with Gasteiger partial charge in [-0.2, -0.15) is 18.2 Å². The van der Waals surface area contributed by atoms with Crippen molar-refractivity contribution in [3.63, 3.8) is 0 Å². The molecule has 0 amide bonds. The number of halogens is 4. The standard InChI is InChI=1S/C11H9BrF3N3O2/c1-5(8(19)11(13,14)15)10-17-9(18-20-10)6-2-7(12)4-16-3-6/h2-5,8,19H,1H3. The Morgan fingerprint density at radius 3 is 2.65 bits per heavy atom. The van der Waals surface area contributed by atoms with E-state index in [1.165, 1.54) is 6.20 Å². The fraction of sp³-hybridized carbons (Fsp3) is 0.364. The van der Waals surface area contributed by atoms with Gasteiger partial charge in [-0.15, -0.1) is 0 Å². The first-order valence-electron chi connectivity index (χ1n) is 5.48. The van der Waals surface area contributed by atoms with Crippen molar-refractivity contribution < 1.29 is 22.8 Å². The molecule has 0 aliphatic carbocycles. The summed E-state index contributed by atoms with van der Waals surface area (Å²) in [4.78, 5) is 7.75. The molecule has 108 valence electrons. The predicted molar refractivity (Wildman–Crippen MR) is 65.7 cm³/mol. The topological polar surface area (TPSA) is 72.0 Å². The van der Waals surface area contributed by atoms with Crippen LogP contribution in [0.3, 0.4) is 0 Å². The Hall–Kier alpha value is -1.48. The van der Waals surface area contributed by atoms with Crippen LogP contribution < -0.4 is 0 Å². The summed E-state index contributed by atoms with van der Waals surface area (Å²) in [6, 6.07) is 1.65. The molecule has 0 spiro atoms. The molecule has 2 heterocycles. The first-order chi connectivity index (χ1) is 9.29. The summed E-state index contributed by atoms with van der Waals surface area (Å²) in [6.07, 6.45) is -4.31. The molecule has 2 atom stereocenters. The molecule has 20 heavy (non-hydrogen) atoms. The zero-order chi connectivity index (χ0) is 14.9. The molecule has 2 aromatic heterocycles. The number of hydrogen-bond acceptors (Lipinski definition) is 5. The molecule has 9 heteroatoms. The van der Waals surface area contributed by atoms with E-state index < -0.39 is 18.2 Å². The van der Waals surface area contributed by atoms with Gasteiger partial charge in [0.2, 0.25) is 11.7 Å². The van der Waals surface area contributed by atoms with Crippen LogP contribution in [0.4, 0.5) is 13.2 Å². The smallest absolute Gasteiger partial charge is 0.383 e. The Labute approximate surface area is 120 Å². The highest BCUT2D eigenvalue weighted by molar-refractivity contribution is 9.10. The first kappa shape index (κ1) is 14.9. The number of aromatic nitrogens is 3. The largest absolute Gasteiger partial charge is 0.415 e. The first-order valence-corrected chi connectivity index (χ1v) is 6.27. The highest BCUT2D eigenvalue weighted by atomic mass is 79.9. The Balaban J connectivity index is 2.25. The van der Waals surface area contributed by atoms with Crippen molar-refractivity contribution in [3.05, 3.63) is 28.8 Å². The molecule has 0 saturated carbocycles. The molecule has 2 aromatic rings. The third-order valence-electron chi connectivity index (χ3n) is 2.60. The molecule has 0 aromatic carbocycles. The minimum Gasteiger partial charge on any atom is -0.383 e. The van der Waals surface area contributed by atoms with E-state index in [-0.39, 0.29) is 11.7 Å². The third-order valence-corrected chi connectivity index (χ3v) is 3.04. The van der Waals surface area contributed by atoms with E-state index >= 15 is 0 Å². The van der Waals surface area contributed by atoms with Crippen LogP contribution in [0.15, 0.2) is 27.5 Å². The maximum atomic E-state index is 12.4. The van der Waals surface area contributed by atoms with Crippen LogP contribution in [0.2, 0.25) is 0 Å². The molecule has 0 bridgehead atoms. The molecule has 0 radical (unpaired) electrons. The van der Waals surface area contributed by atoms with Gasteiger partial charge in [0.25, 0.3) is 0 Å². The van der Waals surface area contributed by atoms with Crippen LogP contribution in [0.5, 0.6) is 0 Å². The quantitative estimate of drug-likeness (QED) is 0.920. The van der Waals surface area contributed by atoms with E-state index in [0.717, 1.165) is 6.92 Å². The monoisotopic (exact) mass is 351 g/mol. The molecule has 0 fully saturated rings. The number of rotatable bonds is 3. The second-order valence-corrected chi connectivity index (χ2v) is 5.04. The number of aliphatic hydroxyl groups excluding tert-OH is 1. The minimum atomic E-state index is -4.74. The van der Waals surface area contributed by atoms with Crippen molar-refractivity contribution >= 4 is 15.9 Å². The summed E-state index contributed by atoms with van der Waals surface area (Å²) in [7, 11) is 0. The average molecular weight is 352 g/mol. The number of nitrogens with zero attached hydrogens (tertiary/aromatic N) is 3. The van der Waals surface area contributed by atoms with Gasteiger partial charge < -0.3 is 9.63 Å². The van der Waals surface area contributed by atoms with E-state index in [2.05, 4.69) is 31.1 Å². The predicted octanol–water partition coefficient (Wildman–Crippen LogP) is 2.92. The van der Waals surface area contributed by atoms with Gasteiger partial charge in [0.15, 0.2) is 6.10 Å². The van der Waals surface area contributed by atoms with Crippen LogP contribution in [0.25, 0.3) is 11.4 Å². The number of aliphatic hydroxyl groups is 1. The fourth-order valence-corrected chi connectivity index (χ4v) is 1.85. The summed E-state index contributed by atoms with van der Waals surface area (Å²) in [5.74, 6) is -1.53. The molecule has 1 N–H and O–H groups in total. The Morgan fingerprint density at radius 2 is 2.05 bits per heavy atom. The number of alkyl halides is 3. The molecule has 5 nitrogen and oxygen atoms in total.